The highest BCUT2D eigenvalue weighted by atomic mass is 32.2. The molecule has 1 unspecified atom stereocenters. The Kier molecular flexibility index (Phi) is 5.01. The minimum Gasteiger partial charge on any atom is -0.334 e. The molecule has 0 aliphatic carbocycles. The molecule has 0 spiro atoms. The van der Waals surface area contributed by atoms with Crippen LogP contribution in [0.3, 0.4) is 0 Å². The predicted octanol–water partition coefficient (Wildman–Crippen LogP) is 0.796. The normalized spacial score (nSPS) is 19.2. The molecule has 2 aromatic heterocycles. The van der Waals surface area contributed by atoms with Crippen molar-refractivity contribution in [2.24, 2.45) is 0 Å². The summed E-state index contributed by atoms with van der Waals surface area (Å²) in [5.74, 6) is -0.467. The summed E-state index contributed by atoms with van der Waals surface area (Å²) in [6, 6.07) is 0.766. The quantitative estimate of drug-likeness (QED) is 0.589. The fraction of sp³-hybridized carbons (Fsp3) is 0.385. The molecule has 1 atom stereocenters. The van der Waals surface area contributed by atoms with Crippen LogP contribution >= 0.6 is 23.1 Å². The van der Waals surface area contributed by atoms with Crippen LogP contribution < -0.4 is 10.6 Å². The highest BCUT2D eigenvalue weighted by molar-refractivity contribution is 8.00. The van der Waals surface area contributed by atoms with Gasteiger partial charge in [0.05, 0.1) is 17.3 Å². The summed E-state index contributed by atoms with van der Waals surface area (Å²) in [4.78, 5) is 32.7. The Bertz CT molecular complexity index is 880. The Labute approximate surface area is 146 Å². The summed E-state index contributed by atoms with van der Waals surface area (Å²) in [6.07, 6.45) is 1.81. The number of nitrogens with zero attached hydrogens (tertiary/aromatic N) is 2. The summed E-state index contributed by atoms with van der Waals surface area (Å²) < 4.78 is 22.7. The zero-order valence-electron chi connectivity index (χ0n) is 12.4. The highest BCUT2D eigenvalue weighted by Crippen LogP contribution is 2.27. The molecule has 1 aliphatic rings. The van der Waals surface area contributed by atoms with Crippen molar-refractivity contribution < 1.29 is 18.0 Å². The standard InChI is InChI=1S/C13H14N4O4S3/c18-10(17-13(19)16-8-2-4-24(20,21)6-8)5-23-12-9-1-3-22-11(9)14-7-15-12/h1,3,7-8H,2,4-6H2,(H2,16,17,18,19). The van der Waals surface area contributed by atoms with Gasteiger partial charge in [-0.1, -0.05) is 11.8 Å². The number of sulfone groups is 1. The van der Waals surface area contributed by atoms with Crippen LogP contribution in [0.25, 0.3) is 10.2 Å². The molecule has 3 heterocycles. The number of hydrogen-bond acceptors (Lipinski definition) is 8. The number of thioether (sulfide) groups is 1. The second-order valence-corrected chi connectivity index (χ2v) is 9.32. The van der Waals surface area contributed by atoms with E-state index in [1.165, 1.54) is 29.4 Å². The van der Waals surface area contributed by atoms with E-state index < -0.39 is 27.8 Å². The maximum absolute atomic E-state index is 11.9. The first kappa shape index (κ1) is 17.1. The monoisotopic (exact) mass is 386 g/mol. The molecule has 1 aliphatic heterocycles. The predicted molar refractivity (Wildman–Crippen MR) is 91.9 cm³/mol. The lowest BCUT2D eigenvalue weighted by Gasteiger charge is -2.11. The first-order valence-corrected chi connectivity index (χ1v) is 10.7. The Balaban J connectivity index is 1.49. The van der Waals surface area contributed by atoms with Gasteiger partial charge in [-0.25, -0.2) is 23.2 Å². The van der Waals surface area contributed by atoms with Crippen LogP contribution in [-0.2, 0) is 14.6 Å². The Morgan fingerprint density at radius 1 is 1.38 bits per heavy atom. The second kappa shape index (κ2) is 7.03. The van der Waals surface area contributed by atoms with E-state index >= 15 is 0 Å². The third-order valence-electron chi connectivity index (χ3n) is 3.39. The van der Waals surface area contributed by atoms with Gasteiger partial charge < -0.3 is 5.32 Å². The summed E-state index contributed by atoms with van der Waals surface area (Å²) in [6.45, 7) is 0. The molecular weight excluding hydrogens is 372 g/mol. The van der Waals surface area contributed by atoms with Crippen LogP contribution in [0, 0.1) is 0 Å². The zero-order valence-corrected chi connectivity index (χ0v) is 14.8. The number of carbonyl (C=O) groups excluding carboxylic acids is 2. The molecule has 0 aromatic carbocycles. The number of thiophene rings is 1. The molecule has 1 fully saturated rings. The van der Waals surface area contributed by atoms with Crippen molar-refractivity contribution in [1.29, 1.82) is 0 Å². The van der Waals surface area contributed by atoms with Crippen LogP contribution in [0.15, 0.2) is 22.8 Å². The molecule has 1 saturated heterocycles. The number of nitrogens with one attached hydrogen (secondary N) is 2. The number of urea groups is 1. The topological polar surface area (TPSA) is 118 Å². The van der Waals surface area contributed by atoms with Gasteiger partial charge in [0.1, 0.15) is 16.2 Å². The number of imide groups is 1. The van der Waals surface area contributed by atoms with Gasteiger partial charge in [-0.15, -0.1) is 11.3 Å². The van der Waals surface area contributed by atoms with Crippen molar-refractivity contribution in [2.75, 3.05) is 17.3 Å². The highest BCUT2D eigenvalue weighted by Gasteiger charge is 2.29. The average Bonchev–Trinajstić information content (AvgIpc) is 3.11. The molecule has 2 N–H and O–H groups in total. The number of fused-ring (bicyclic) bond motifs is 1. The first-order valence-electron chi connectivity index (χ1n) is 7.05. The molecule has 8 nitrogen and oxygen atoms in total. The largest absolute Gasteiger partial charge is 0.334 e. The van der Waals surface area contributed by atoms with Gasteiger partial charge in [-0.2, -0.15) is 0 Å². The van der Waals surface area contributed by atoms with Crippen LogP contribution in [0.1, 0.15) is 6.42 Å². The average molecular weight is 386 g/mol. The minimum atomic E-state index is -3.08. The second-order valence-electron chi connectivity index (χ2n) is 5.23. The van der Waals surface area contributed by atoms with Crippen molar-refractivity contribution in [3.8, 4) is 0 Å². The van der Waals surface area contributed by atoms with E-state index in [1.54, 1.807) is 0 Å². The molecule has 11 heteroatoms. The number of hydrogen-bond donors (Lipinski definition) is 2. The maximum atomic E-state index is 11.9. The van der Waals surface area contributed by atoms with E-state index in [0.717, 1.165) is 10.2 Å². The number of aromatic nitrogens is 2. The van der Waals surface area contributed by atoms with Crippen LogP contribution in [0.2, 0.25) is 0 Å². The SMILES string of the molecule is O=C(CSc1ncnc2sccc12)NC(=O)NC1CCS(=O)(=O)C1. The molecule has 24 heavy (non-hydrogen) atoms. The lowest BCUT2D eigenvalue weighted by Crippen LogP contribution is -2.45. The molecule has 128 valence electrons. The fourth-order valence-corrected chi connectivity index (χ4v) is 5.56. The fourth-order valence-electron chi connectivity index (χ4n) is 2.31. The zero-order chi connectivity index (χ0) is 17.2. The summed E-state index contributed by atoms with van der Waals surface area (Å²) in [7, 11) is -3.08. The van der Waals surface area contributed by atoms with Crippen LogP contribution in [0.5, 0.6) is 0 Å². The minimum absolute atomic E-state index is 0.0261. The molecule has 2 aromatic rings. The van der Waals surface area contributed by atoms with Gasteiger partial charge in [-0.05, 0) is 17.9 Å². The number of amides is 3. The van der Waals surface area contributed by atoms with Gasteiger partial charge in [0.25, 0.3) is 0 Å². The van der Waals surface area contributed by atoms with Crippen LogP contribution in [-0.4, -0.2) is 53.6 Å². The van der Waals surface area contributed by atoms with Crippen molar-refractivity contribution in [1.82, 2.24) is 20.6 Å². The van der Waals surface area contributed by atoms with E-state index in [-0.39, 0.29) is 17.3 Å². The summed E-state index contributed by atoms with van der Waals surface area (Å²) in [5, 5.41) is 8.16. The van der Waals surface area contributed by atoms with Gasteiger partial charge in [-0.3, -0.25) is 10.1 Å². The van der Waals surface area contributed by atoms with Gasteiger partial charge in [0, 0.05) is 11.4 Å². The summed E-state index contributed by atoms with van der Waals surface area (Å²) >= 11 is 2.70. The molecule has 0 saturated carbocycles. The molecule has 3 rings (SSSR count). The first-order chi connectivity index (χ1) is 11.4. The Morgan fingerprint density at radius 3 is 2.96 bits per heavy atom. The molecule has 3 amide bonds. The number of rotatable bonds is 4. The maximum Gasteiger partial charge on any atom is 0.321 e. The van der Waals surface area contributed by atoms with Crippen molar-refractivity contribution in [3.05, 3.63) is 17.8 Å². The van der Waals surface area contributed by atoms with Crippen LogP contribution in [0.4, 0.5) is 4.79 Å². The molecule has 0 radical (unpaired) electrons. The lowest BCUT2D eigenvalue weighted by molar-refractivity contribution is -0.117. The molecule has 0 bridgehead atoms. The van der Waals surface area contributed by atoms with E-state index in [4.69, 9.17) is 0 Å². The van der Waals surface area contributed by atoms with E-state index in [0.29, 0.717) is 11.4 Å². The molecular formula is C13H14N4O4S3. The van der Waals surface area contributed by atoms with Gasteiger partial charge in [0.2, 0.25) is 5.91 Å². The van der Waals surface area contributed by atoms with Gasteiger partial charge >= 0.3 is 6.03 Å². The Morgan fingerprint density at radius 2 is 2.21 bits per heavy atom. The number of carbonyl (C=O) groups is 2. The summed E-state index contributed by atoms with van der Waals surface area (Å²) in [5.41, 5.74) is 0. The van der Waals surface area contributed by atoms with E-state index in [1.807, 2.05) is 11.4 Å². The third-order valence-corrected chi connectivity index (χ3v) is 6.98. The van der Waals surface area contributed by atoms with Crippen molar-refractivity contribution >= 4 is 55.1 Å². The van der Waals surface area contributed by atoms with Crippen molar-refractivity contribution in [3.63, 3.8) is 0 Å². The Hall–Kier alpha value is -1.72. The van der Waals surface area contributed by atoms with Gasteiger partial charge in [0.15, 0.2) is 9.84 Å². The third kappa shape index (κ3) is 4.22. The van der Waals surface area contributed by atoms with Crippen molar-refractivity contribution in [2.45, 2.75) is 17.5 Å². The van der Waals surface area contributed by atoms with E-state index in [2.05, 4.69) is 20.6 Å². The van der Waals surface area contributed by atoms with E-state index in [9.17, 15) is 18.0 Å². The smallest absolute Gasteiger partial charge is 0.321 e. The lowest BCUT2D eigenvalue weighted by atomic mass is 10.3.